The van der Waals surface area contributed by atoms with E-state index in [2.05, 4.69) is 26.0 Å². The summed E-state index contributed by atoms with van der Waals surface area (Å²) < 4.78 is 28.3. The number of hydrogen-bond acceptors (Lipinski definition) is 5. The first-order valence-electron chi connectivity index (χ1n) is 8.29. The highest BCUT2D eigenvalue weighted by molar-refractivity contribution is 9.10. The molecule has 0 aliphatic carbocycles. The van der Waals surface area contributed by atoms with E-state index in [-0.39, 0.29) is 21.2 Å². The monoisotopic (exact) mass is 509 g/mol. The average molecular weight is 511 g/mol. The molecule has 11 heteroatoms. The van der Waals surface area contributed by atoms with Crippen LogP contribution in [0.15, 0.2) is 76.1 Å². The van der Waals surface area contributed by atoms with E-state index in [1.54, 1.807) is 24.3 Å². The number of nitro groups is 1. The summed E-state index contributed by atoms with van der Waals surface area (Å²) >= 11 is 9.24. The molecule has 3 aromatic carbocycles. The predicted octanol–water partition coefficient (Wildman–Crippen LogP) is 5.06. The number of carbonyl (C=O) groups excluding carboxylic acids is 1. The second-order valence-corrected chi connectivity index (χ2v) is 9.02. The van der Waals surface area contributed by atoms with Crippen molar-refractivity contribution in [2.75, 3.05) is 10.0 Å². The van der Waals surface area contributed by atoms with Gasteiger partial charge in [-0.05, 0) is 54.6 Å². The minimum Gasteiger partial charge on any atom is -0.322 e. The van der Waals surface area contributed by atoms with Crippen molar-refractivity contribution in [3.05, 3.63) is 91.9 Å². The lowest BCUT2D eigenvalue weighted by Crippen LogP contribution is -2.14. The van der Waals surface area contributed by atoms with Crippen molar-refractivity contribution < 1.29 is 18.1 Å². The van der Waals surface area contributed by atoms with Crippen molar-refractivity contribution in [1.82, 2.24) is 0 Å². The van der Waals surface area contributed by atoms with Crippen LogP contribution in [0, 0.1) is 10.1 Å². The van der Waals surface area contributed by atoms with Gasteiger partial charge in [0.2, 0.25) is 0 Å². The first kappa shape index (κ1) is 21.8. The van der Waals surface area contributed by atoms with Gasteiger partial charge in [-0.2, -0.15) is 0 Å². The van der Waals surface area contributed by atoms with Crippen molar-refractivity contribution in [3.63, 3.8) is 0 Å². The molecule has 3 aromatic rings. The Morgan fingerprint density at radius 2 is 1.57 bits per heavy atom. The van der Waals surface area contributed by atoms with Gasteiger partial charge in [0.05, 0.1) is 20.4 Å². The van der Waals surface area contributed by atoms with Crippen molar-refractivity contribution in [3.8, 4) is 0 Å². The van der Waals surface area contributed by atoms with E-state index in [1.165, 1.54) is 36.4 Å². The summed E-state index contributed by atoms with van der Waals surface area (Å²) in [6.45, 7) is 0. The van der Waals surface area contributed by atoms with Crippen LogP contribution in [0.25, 0.3) is 0 Å². The van der Waals surface area contributed by atoms with Crippen LogP contribution in [0.1, 0.15) is 10.4 Å². The first-order chi connectivity index (χ1) is 14.2. The summed E-state index contributed by atoms with van der Waals surface area (Å²) in [4.78, 5) is 22.7. The van der Waals surface area contributed by atoms with E-state index in [4.69, 9.17) is 11.6 Å². The molecule has 0 unspecified atom stereocenters. The molecule has 154 valence electrons. The Labute approximate surface area is 185 Å². The number of amides is 1. The number of benzene rings is 3. The lowest BCUT2D eigenvalue weighted by molar-refractivity contribution is -0.384. The Balaban J connectivity index is 1.75. The normalized spacial score (nSPS) is 11.0. The molecule has 1 amide bonds. The van der Waals surface area contributed by atoms with Gasteiger partial charge in [0.1, 0.15) is 0 Å². The summed E-state index contributed by atoms with van der Waals surface area (Å²) in [5.74, 6) is -0.660. The quantitative estimate of drug-likeness (QED) is 0.355. The summed E-state index contributed by atoms with van der Waals surface area (Å²) in [5, 5.41) is 13.5. The fourth-order valence-electron chi connectivity index (χ4n) is 2.45. The second kappa shape index (κ2) is 8.82. The van der Waals surface area contributed by atoms with E-state index < -0.39 is 20.9 Å². The van der Waals surface area contributed by atoms with Gasteiger partial charge in [-0.3, -0.25) is 19.6 Å². The van der Waals surface area contributed by atoms with Crippen molar-refractivity contribution in [2.45, 2.75) is 4.90 Å². The van der Waals surface area contributed by atoms with Crippen LogP contribution in [0.5, 0.6) is 0 Å². The van der Waals surface area contributed by atoms with Crippen LogP contribution in [-0.2, 0) is 10.0 Å². The molecule has 0 saturated heterocycles. The van der Waals surface area contributed by atoms with Crippen LogP contribution in [0.4, 0.5) is 17.1 Å². The average Bonchev–Trinajstić information content (AvgIpc) is 2.70. The summed E-state index contributed by atoms with van der Waals surface area (Å²) in [7, 11) is -3.82. The standard InChI is InChI=1S/C19H13BrClN3O5S/c20-12-1-3-14(4-2-12)23-30(28,29)16-8-5-13(6-9-16)22-19(25)17-11-15(24(26)27)7-10-18(17)21/h1-11,23H,(H,22,25). The van der Waals surface area contributed by atoms with E-state index in [0.717, 1.165) is 10.5 Å². The number of nitro benzene ring substituents is 1. The third-order valence-corrected chi connectivity index (χ3v) is 6.18. The van der Waals surface area contributed by atoms with Gasteiger partial charge in [-0.15, -0.1) is 0 Å². The number of rotatable bonds is 6. The van der Waals surface area contributed by atoms with Crippen LogP contribution in [-0.4, -0.2) is 19.2 Å². The Kier molecular flexibility index (Phi) is 6.40. The van der Waals surface area contributed by atoms with Crippen LogP contribution < -0.4 is 10.0 Å². The first-order valence-corrected chi connectivity index (χ1v) is 10.9. The number of hydrogen-bond donors (Lipinski definition) is 2. The van der Waals surface area contributed by atoms with Crippen molar-refractivity contribution in [2.24, 2.45) is 0 Å². The van der Waals surface area contributed by atoms with Crippen LogP contribution in [0.3, 0.4) is 0 Å². The largest absolute Gasteiger partial charge is 0.322 e. The van der Waals surface area contributed by atoms with Gasteiger partial charge in [0, 0.05) is 28.0 Å². The van der Waals surface area contributed by atoms with E-state index in [1.807, 2.05) is 0 Å². The lowest BCUT2D eigenvalue weighted by Gasteiger charge is -2.10. The second-order valence-electron chi connectivity index (χ2n) is 6.01. The number of carbonyl (C=O) groups is 1. The number of non-ortho nitro benzene ring substituents is 1. The molecule has 3 rings (SSSR count). The lowest BCUT2D eigenvalue weighted by atomic mass is 10.2. The van der Waals surface area contributed by atoms with Crippen molar-refractivity contribution in [1.29, 1.82) is 0 Å². The number of nitrogens with one attached hydrogen (secondary N) is 2. The molecular weight excluding hydrogens is 498 g/mol. The highest BCUT2D eigenvalue weighted by Crippen LogP contribution is 2.24. The summed E-state index contributed by atoms with van der Waals surface area (Å²) in [6, 6.07) is 15.6. The SMILES string of the molecule is O=C(Nc1ccc(S(=O)(=O)Nc2ccc(Br)cc2)cc1)c1cc([N+](=O)[O-])ccc1Cl. The minimum absolute atomic E-state index is 0.00296. The number of sulfonamides is 1. The Morgan fingerprint density at radius 1 is 0.967 bits per heavy atom. The molecule has 0 aliphatic rings. The molecule has 0 heterocycles. The molecule has 0 aromatic heterocycles. The number of anilines is 2. The molecule has 8 nitrogen and oxygen atoms in total. The fourth-order valence-corrected chi connectivity index (χ4v) is 3.98. The zero-order chi connectivity index (χ0) is 21.9. The van der Waals surface area contributed by atoms with Crippen LogP contribution >= 0.6 is 27.5 Å². The maximum absolute atomic E-state index is 12.5. The zero-order valence-electron chi connectivity index (χ0n) is 15.0. The Bertz CT molecular complexity index is 1220. The van der Waals surface area contributed by atoms with Crippen LogP contribution in [0.2, 0.25) is 5.02 Å². The molecule has 0 bridgehead atoms. The molecule has 0 saturated carbocycles. The molecule has 2 N–H and O–H groups in total. The Hall–Kier alpha value is -2.95. The number of nitrogens with zero attached hydrogens (tertiary/aromatic N) is 1. The molecule has 0 aliphatic heterocycles. The van der Waals surface area contributed by atoms with Gasteiger partial charge in [-0.25, -0.2) is 8.42 Å². The van der Waals surface area contributed by atoms with E-state index in [0.29, 0.717) is 11.4 Å². The van der Waals surface area contributed by atoms with Crippen molar-refractivity contribution >= 4 is 60.5 Å². The molecule has 0 spiro atoms. The van der Waals surface area contributed by atoms with Gasteiger partial charge in [-0.1, -0.05) is 27.5 Å². The molecule has 30 heavy (non-hydrogen) atoms. The Morgan fingerprint density at radius 3 is 2.17 bits per heavy atom. The molecule has 0 radical (unpaired) electrons. The maximum atomic E-state index is 12.5. The summed E-state index contributed by atoms with van der Waals surface area (Å²) in [5.41, 5.74) is 0.352. The van der Waals surface area contributed by atoms with E-state index in [9.17, 15) is 23.3 Å². The minimum atomic E-state index is -3.82. The molecule has 0 fully saturated rings. The highest BCUT2D eigenvalue weighted by Gasteiger charge is 2.17. The van der Waals surface area contributed by atoms with Gasteiger partial charge in [0.25, 0.3) is 21.6 Å². The van der Waals surface area contributed by atoms with Gasteiger partial charge in [0.15, 0.2) is 0 Å². The van der Waals surface area contributed by atoms with E-state index >= 15 is 0 Å². The maximum Gasteiger partial charge on any atom is 0.270 e. The smallest absolute Gasteiger partial charge is 0.270 e. The third kappa shape index (κ3) is 5.15. The molecule has 0 atom stereocenters. The third-order valence-electron chi connectivity index (χ3n) is 3.92. The summed E-state index contributed by atoms with van der Waals surface area (Å²) in [6.07, 6.45) is 0. The highest BCUT2D eigenvalue weighted by atomic mass is 79.9. The fraction of sp³-hybridized carbons (Fsp3) is 0. The topological polar surface area (TPSA) is 118 Å². The van der Waals surface area contributed by atoms with Gasteiger partial charge < -0.3 is 5.32 Å². The number of halogens is 2. The predicted molar refractivity (Wildman–Crippen MR) is 117 cm³/mol. The molecular formula is C19H13BrClN3O5S. The van der Waals surface area contributed by atoms with Gasteiger partial charge >= 0.3 is 0 Å². The zero-order valence-corrected chi connectivity index (χ0v) is 18.2.